The second-order valence-electron chi connectivity index (χ2n) is 28.1. The number of nitrogens with zero attached hydrogens (tertiary/aromatic N) is 5. The lowest BCUT2D eigenvalue weighted by Crippen LogP contribution is -2.32. The van der Waals surface area contributed by atoms with E-state index in [0.29, 0.717) is 11.6 Å². The molecule has 0 unspecified atom stereocenters. The third-order valence-electron chi connectivity index (χ3n) is 22.4. The summed E-state index contributed by atoms with van der Waals surface area (Å²) < 4.78 is 16.7. The molecule has 4 aliphatic rings. The van der Waals surface area contributed by atoms with Crippen LogP contribution in [0.25, 0.3) is 144 Å². The Kier molecular flexibility index (Phi) is 13.6. The van der Waals surface area contributed by atoms with Crippen LogP contribution in [0.4, 0.5) is 0 Å². The number of ether oxygens (including phenoxy) is 2. The quantitative estimate of drug-likeness (QED) is 0.142. The van der Waals surface area contributed by atoms with E-state index in [1.165, 1.54) is 64.7 Å². The maximum absolute atomic E-state index is 7.26. The van der Waals surface area contributed by atoms with Gasteiger partial charge in [0.1, 0.15) is 23.0 Å². The highest BCUT2D eigenvalue weighted by Crippen LogP contribution is 2.65. The molecule has 498 valence electrons. The minimum Gasteiger partial charge on any atom is -0.457 e. The fourth-order valence-corrected chi connectivity index (χ4v) is 18.7. The molecule has 2 aliphatic heterocycles. The summed E-state index contributed by atoms with van der Waals surface area (Å²) in [5.41, 5.74) is 28.3. The Morgan fingerprint density at radius 3 is 1.23 bits per heavy atom. The summed E-state index contributed by atoms with van der Waals surface area (Å²) in [7, 11) is 0. The number of para-hydroxylation sites is 1. The summed E-state index contributed by atoms with van der Waals surface area (Å²) in [6.07, 6.45) is 1.80. The van der Waals surface area contributed by atoms with Crippen molar-refractivity contribution in [3.63, 3.8) is 0 Å². The van der Waals surface area contributed by atoms with Gasteiger partial charge in [0, 0.05) is 76.4 Å². The number of benzene rings is 14. The summed E-state index contributed by atoms with van der Waals surface area (Å²) in [5, 5.41) is 2.50. The third-order valence-corrected chi connectivity index (χ3v) is 23.5. The van der Waals surface area contributed by atoms with Crippen molar-refractivity contribution in [2.45, 2.75) is 10.8 Å². The predicted octanol–water partition coefficient (Wildman–Crippen LogP) is 25.0. The predicted molar refractivity (Wildman–Crippen MR) is 432 cm³/mol. The van der Waals surface area contributed by atoms with Gasteiger partial charge in [-0.2, -0.15) is 0 Å². The maximum Gasteiger partial charge on any atom is 0.160 e. The Hall–Kier alpha value is -13.8. The SMILES string of the molecule is c1ccc(-c2cc(-c3ccccn3)nc(-c3ccc(-c4ccc5c(c4)Oc4ccc(-c6cccc(-c7cc(-c8ccc9c(c8)sc8ccccc89)nc(-c8ccc(-c9ccc%10c(c9)Oc9ccccc9C%109c%10ccccc%10-c%10ccccc%109)cc8)n7)c6)cc4C54c5ccccc5-c5ccccc54)cc3)n2)cc1. The molecule has 8 heteroatoms. The molecule has 4 aromatic heterocycles. The fraction of sp³-hybridized carbons (Fsp3) is 0.0202. The highest BCUT2D eigenvalue weighted by atomic mass is 32.1. The zero-order chi connectivity index (χ0) is 70.3. The highest BCUT2D eigenvalue weighted by Gasteiger charge is 2.53. The Balaban J connectivity index is 0.629. The third kappa shape index (κ3) is 9.42. The number of hydrogen-bond donors (Lipinski definition) is 0. The molecule has 2 spiro atoms. The minimum atomic E-state index is -0.710. The Morgan fingerprint density at radius 1 is 0.215 bits per heavy atom. The van der Waals surface area contributed by atoms with Crippen LogP contribution in [0, 0.1) is 0 Å². The van der Waals surface area contributed by atoms with Crippen molar-refractivity contribution in [3.05, 3.63) is 403 Å². The first kappa shape index (κ1) is 60.8. The number of hydrogen-bond acceptors (Lipinski definition) is 8. The molecule has 22 rings (SSSR count). The first-order chi connectivity index (χ1) is 53.0. The molecule has 0 fully saturated rings. The highest BCUT2D eigenvalue weighted by molar-refractivity contribution is 7.25. The van der Waals surface area contributed by atoms with Crippen LogP contribution in [-0.2, 0) is 10.8 Å². The molecule has 0 saturated carbocycles. The molecule has 0 amide bonds. The van der Waals surface area contributed by atoms with Gasteiger partial charge in [-0.05, 0) is 151 Å². The number of thiophene rings is 1. The van der Waals surface area contributed by atoms with E-state index in [9.17, 15) is 0 Å². The van der Waals surface area contributed by atoms with E-state index in [2.05, 4.69) is 314 Å². The van der Waals surface area contributed by atoms with Crippen molar-refractivity contribution in [1.29, 1.82) is 0 Å². The lowest BCUT2D eigenvalue weighted by Gasteiger charge is -2.40. The lowest BCUT2D eigenvalue weighted by atomic mass is 9.65. The summed E-state index contributed by atoms with van der Waals surface area (Å²) in [4.78, 5) is 25.8. The van der Waals surface area contributed by atoms with E-state index in [-0.39, 0.29) is 0 Å². The summed E-state index contributed by atoms with van der Waals surface area (Å²) in [6.45, 7) is 0. The average Bonchev–Trinajstić information content (AvgIpc) is 1.55. The Morgan fingerprint density at radius 2 is 0.626 bits per heavy atom. The van der Waals surface area contributed by atoms with Crippen molar-refractivity contribution in [2.24, 2.45) is 0 Å². The van der Waals surface area contributed by atoms with E-state index in [1.807, 2.05) is 53.8 Å². The van der Waals surface area contributed by atoms with Crippen LogP contribution < -0.4 is 9.47 Å². The second kappa shape index (κ2) is 23.9. The van der Waals surface area contributed by atoms with Gasteiger partial charge in [0.25, 0.3) is 0 Å². The zero-order valence-corrected chi connectivity index (χ0v) is 58.3. The first-order valence-electron chi connectivity index (χ1n) is 36.2. The second-order valence-corrected chi connectivity index (χ2v) is 29.1. The van der Waals surface area contributed by atoms with Gasteiger partial charge in [0.05, 0.1) is 39.3 Å². The van der Waals surface area contributed by atoms with E-state index < -0.39 is 10.8 Å². The van der Waals surface area contributed by atoms with Crippen LogP contribution in [-0.4, -0.2) is 24.9 Å². The van der Waals surface area contributed by atoms with Crippen molar-refractivity contribution in [2.75, 3.05) is 0 Å². The fourth-order valence-electron chi connectivity index (χ4n) is 17.5. The molecular weight excluding hydrogens is 1320 g/mol. The monoisotopic (exact) mass is 1380 g/mol. The number of rotatable bonds is 9. The van der Waals surface area contributed by atoms with Crippen LogP contribution in [0.5, 0.6) is 23.0 Å². The van der Waals surface area contributed by atoms with E-state index in [1.54, 1.807) is 6.20 Å². The molecule has 2 aliphatic carbocycles. The van der Waals surface area contributed by atoms with Gasteiger partial charge in [-0.25, -0.2) is 19.9 Å². The topological polar surface area (TPSA) is 82.9 Å². The average molecular weight is 1380 g/mol. The van der Waals surface area contributed by atoms with E-state index >= 15 is 0 Å². The van der Waals surface area contributed by atoms with Crippen molar-refractivity contribution in [3.8, 4) is 147 Å². The van der Waals surface area contributed by atoms with Gasteiger partial charge in [-0.1, -0.05) is 279 Å². The summed E-state index contributed by atoms with van der Waals surface area (Å²) in [6, 6.07) is 126. The number of pyridine rings is 1. The molecule has 18 aromatic rings. The molecular formula is C99H59N5O2S. The molecule has 0 radical (unpaired) electrons. The largest absolute Gasteiger partial charge is 0.457 e. The van der Waals surface area contributed by atoms with Crippen molar-refractivity contribution in [1.82, 2.24) is 24.9 Å². The molecule has 0 N–H and O–H groups in total. The number of fused-ring (bicyclic) bond motifs is 21. The van der Waals surface area contributed by atoms with Gasteiger partial charge in [0.2, 0.25) is 0 Å². The van der Waals surface area contributed by atoms with Gasteiger partial charge in [-0.3, -0.25) is 4.98 Å². The zero-order valence-electron chi connectivity index (χ0n) is 57.5. The molecule has 6 heterocycles. The molecule has 0 atom stereocenters. The van der Waals surface area contributed by atoms with Crippen LogP contribution in [0.1, 0.15) is 44.5 Å². The summed E-state index contributed by atoms with van der Waals surface area (Å²) >= 11 is 1.81. The van der Waals surface area contributed by atoms with Gasteiger partial charge in [-0.15, -0.1) is 11.3 Å². The molecule has 0 bridgehead atoms. The molecule has 14 aromatic carbocycles. The van der Waals surface area contributed by atoms with E-state index in [4.69, 9.17) is 29.4 Å². The molecule has 107 heavy (non-hydrogen) atoms. The van der Waals surface area contributed by atoms with Crippen LogP contribution in [0.2, 0.25) is 0 Å². The Labute approximate surface area is 621 Å². The van der Waals surface area contributed by atoms with Gasteiger partial charge in [0.15, 0.2) is 11.6 Å². The maximum atomic E-state index is 7.26. The lowest BCUT2D eigenvalue weighted by molar-refractivity contribution is 0.436. The van der Waals surface area contributed by atoms with Crippen LogP contribution in [0.3, 0.4) is 0 Å². The van der Waals surface area contributed by atoms with Crippen LogP contribution >= 0.6 is 11.3 Å². The van der Waals surface area contributed by atoms with Crippen molar-refractivity contribution < 1.29 is 9.47 Å². The smallest absolute Gasteiger partial charge is 0.160 e. The Bertz CT molecular complexity index is 6560. The first-order valence-corrected chi connectivity index (χ1v) is 37.0. The molecule has 0 saturated heterocycles. The standard InChI is InChI=1S/C99H59N5O2S/c1-2-19-62(20-3-1)86-59-89(85-33-16-17-52-100-85)104-97(101-86)64-42-38-61(39-43-64)68-46-50-83-93(56-68)106-91-51-47-66(54-84(91)99(83)79-30-11-6-25-73(79)74-26-7-12-31-80(74)99)65-21-18-22-69(53-65)87-58-88(70-44-48-76-75-27-8-15-35-94(75)107-95(76)57-70)103-96(102-87)63-40-36-60(37-41-63)67-45-49-82-92(55-67)105-90-34-14-13-32-81(90)98(82)77-28-9-4-23-71(77)72-24-5-10-29-78(72)98/h1-59H. The van der Waals surface area contributed by atoms with Crippen LogP contribution in [0.15, 0.2) is 358 Å². The normalized spacial score (nSPS) is 13.3. The summed E-state index contributed by atoms with van der Waals surface area (Å²) in [5.74, 6) is 4.60. The van der Waals surface area contributed by atoms with Crippen molar-refractivity contribution >= 4 is 31.5 Å². The van der Waals surface area contributed by atoms with E-state index in [0.717, 1.165) is 135 Å². The minimum absolute atomic E-state index is 0.533. The number of aromatic nitrogens is 5. The molecule has 7 nitrogen and oxygen atoms in total. The van der Waals surface area contributed by atoms with Gasteiger partial charge < -0.3 is 9.47 Å². The van der Waals surface area contributed by atoms with Gasteiger partial charge >= 0.3 is 0 Å².